The van der Waals surface area contributed by atoms with Crippen molar-refractivity contribution in [1.82, 2.24) is 9.80 Å². The number of piperidine rings is 1. The number of thioether (sulfide) groups is 1. The molecule has 0 amide bonds. The van der Waals surface area contributed by atoms with Gasteiger partial charge < -0.3 is 10.6 Å². The monoisotopic (exact) mass is 269 g/mol. The Morgan fingerprint density at radius 1 is 1.39 bits per heavy atom. The van der Waals surface area contributed by atoms with Crippen LogP contribution in [0.25, 0.3) is 0 Å². The van der Waals surface area contributed by atoms with E-state index in [0.717, 1.165) is 18.6 Å². The van der Waals surface area contributed by atoms with Crippen molar-refractivity contribution < 1.29 is 0 Å². The standard InChI is InChI=1S/C14H27N3S/c1-16(13-4-8-18-10-13)14(11-15)5-7-17-6-2-3-12(17)9-14/h12-13H,2-11,15H2,1H3. The Labute approximate surface area is 115 Å². The van der Waals surface area contributed by atoms with Crippen molar-refractivity contribution in [2.24, 2.45) is 5.73 Å². The molecule has 3 unspecified atom stereocenters. The molecule has 104 valence electrons. The highest BCUT2D eigenvalue weighted by molar-refractivity contribution is 7.99. The number of hydrogen-bond acceptors (Lipinski definition) is 4. The Balaban J connectivity index is 1.72. The molecule has 0 saturated carbocycles. The van der Waals surface area contributed by atoms with E-state index in [9.17, 15) is 0 Å². The highest BCUT2D eigenvalue weighted by atomic mass is 32.2. The molecule has 0 aromatic rings. The maximum atomic E-state index is 6.22. The van der Waals surface area contributed by atoms with Crippen molar-refractivity contribution in [3.8, 4) is 0 Å². The lowest BCUT2D eigenvalue weighted by Gasteiger charge is -2.51. The van der Waals surface area contributed by atoms with Gasteiger partial charge in [-0.1, -0.05) is 0 Å². The summed E-state index contributed by atoms with van der Waals surface area (Å²) in [5.74, 6) is 2.65. The maximum Gasteiger partial charge on any atom is 0.0358 e. The summed E-state index contributed by atoms with van der Waals surface area (Å²) < 4.78 is 0. The van der Waals surface area contributed by atoms with Crippen LogP contribution in [0.1, 0.15) is 32.1 Å². The van der Waals surface area contributed by atoms with Crippen molar-refractivity contribution in [2.45, 2.75) is 49.7 Å². The van der Waals surface area contributed by atoms with Gasteiger partial charge in [-0.15, -0.1) is 0 Å². The van der Waals surface area contributed by atoms with Crippen LogP contribution in [0.3, 0.4) is 0 Å². The molecule has 3 heterocycles. The van der Waals surface area contributed by atoms with E-state index < -0.39 is 0 Å². The molecule has 3 atom stereocenters. The zero-order chi connectivity index (χ0) is 12.6. The van der Waals surface area contributed by atoms with E-state index >= 15 is 0 Å². The van der Waals surface area contributed by atoms with Crippen LogP contribution in [-0.4, -0.2) is 65.6 Å². The van der Waals surface area contributed by atoms with E-state index in [0.29, 0.717) is 5.54 Å². The van der Waals surface area contributed by atoms with Crippen molar-refractivity contribution >= 4 is 11.8 Å². The summed E-state index contributed by atoms with van der Waals surface area (Å²) in [4.78, 5) is 5.37. The Bertz CT molecular complexity index is 293. The molecule has 0 aliphatic carbocycles. The summed E-state index contributed by atoms with van der Waals surface area (Å²) in [6.45, 7) is 3.44. The predicted octanol–water partition coefficient (Wildman–Crippen LogP) is 1.38. The maximum absolute atomic E-state index is 6.22. The van der Waals surface area contributed by atoms with Gasteiger partial charge in [0.2, 0.25) is 0 Å². The molecular formula is C14H27N3S. The van der Waals surface area contributed by atoms with E-state index in [4.69, 9.17) is 5.73 Å². The van der Waals surface area contributed by atoms with Crippen LogP contribution in [0.15, 0.2) is 0 Å². The van der Waals surface area contributed by atoms with Crippen LogP contribution in [0.2, 0.25) is 0 Å². The largest absolute Gasteiger partial charge is 0.329 e. The van der Waals surface area contributed by atoms with Crippen molar-refractivity contribution in [3.63, 3.8) is 0 Å². The molecule has 3 rings (SSSR count). The second kappa shape index (κ2) is 5.31. The Morgan fingerprint density at radius 3 is 3.00 bits per heavy atom. The van der Waals surface area contributed by atoms with Gasteiger partial charge in [0.15, 0.2) is 0 Å². The summed E-state index contributed by atoms with van der Waals surface area (Å²) in [5.41, 5.74) is 6.52. The van der Waals surface area contributed by atoms with Gasteiger partial charge in [0.25, 0.3) is 0 Å². The summed E-state index contributed by atoms with van der Waals surface area (Å²) in [6.07, 6.45) is 6.74. The number of rotatable bonds is 3. The van der Waals surface area contributed by atoms with E-state index in [1.54, 1.807) is 0 Å². The number of fused-ring (bicyclic) bond motifs is 1. The van der Waals surface area contributed by atoms with E-state index in [2.05, 4.69) is 28.6 Å². The molecule has 0 aromatic carbocycles. The second-order valence-electron chi connectivity index (χ2n) is 6.34. The molecule has 18 heavy (non-hydrogen) atoms. The van der Waals surface area contributed by atoms with Gasteiger partial charge in [-0.05, 0) is 51.4 Å². The smallest absolute Gasteiger partial charge is 0.0358 e. The van der Waals surface area contributed by atoms with Crippen molar-refractivity contribution in [1.29, 1.82) is 0 Å². The first-order chi connectivity index (χ1) is 8.75. The van der Waals surface area contributed by atoms with Gasteiger partial charge in [0, 0.05) is 36.5 Å². The lowest BCUT2D eigenvalue weighted by molar-refractivity contribution is 0.00711. The molecular weight excluding hydrogens is 242 g/mol. The lowest BCUT2D eigenvalue weighted by atomic mass is 9.81. The summed E-state index contributed by atoms with van der Waals surface area (Å²) in [6, 6.07) is 1.59. The number of nitrogens with two attached hydrogens (primary N) is 1. The van der Waals surface area contributed by atoms with Crippen LogP contribution in [0.5, 0.6) is 0 Å². The van der Waals surface area contributed by atoms with Crippen molar-refractivity contribution in [3.05, 3.63) is 0 Å². The van der Waals surface area contributed by atoms with Crippen LogP contribution < -0.4 is 5.73 Å². The normalized spacial score (nSPS) is 41.5. The lowest BCUT2D eigenvalue weighted by Crippen LogP contribution is -2.62. The molecule has 0 bridgehead atoms. The summed E-state index contributed by atoms with van der Waals surface area (Å²) in [5, 5.41) is 0. The average Bonchev–Trinajstić information content (AvgIpc) is 3.07. The second-order valence-corrected chi connectivity index (χ2v) is 7.49. The minimum Gasteiger partial charge on any atom is -0.329 e. The molecule has 3 nitrogen and oxygen atoms in total. The Kier molecular flexibility index (Phi) is 3.90. The fraction of sp³-hybridized carbons (Fsp3) is 1.00. The van der Waals surface area contributed by atoms with Crippen LogP contribution in [0, 0.1) is 0 Å². The highest BCUT2D eigenvalue weighted by Gasteiger charge is 2.45. The third-order valence-corrected chi connectivity index (χ3v) is 6.71. The molecule has 0 aromatic heterocycles. The number of likely N-dealkylation sites (N-methyl/N-ethyl adjacent to an activating group) is 1. The first-order valence-electron chi connectivity index (χ1n) is 7.50. The van der Waals surface area contributed by atoms with E-state index in [1.165, 1.54) is 56.7 Å². The summed E-state index contributed by atoms with van der Waals surface area (Å²) >= 11 is 2.11. The molecule has 0 radical (unpaired) electrons. The fourth-order valence-corrected chi connectivity index (χ4v) is 5.45. The first-order valence-corrected chi connectivity index (χ1v) is 8.65. The molecule has 3 aliphatic heterocycles. The predicted molar refractivity (Wildman–Crippen MR) is 79.1 cm³/mol. The zero-order valence-electron chi connectivity index (χ0n) is 11.6. The molecule has 0 spiro atoms. The number of hydrogen-bond donors (Lipinski definition) is 1. The quantitative estimate of drug-likeness (QED) is 0.839. The van der Waals surface area contributed by atoms with E-state index in [-0.39, 0.29) is 0 Å². The number of nitrogens with zero attached hydrogens (tertiary/aromatic N) is 2. The van der Waals surface area contributed by atoms with Gasteiger partial charge in [0.05, 0.1) is 0 Å². The van der Waals surface area contributed by atoms with Gasteiger partial charge in [0.1, 0.15) is 0 Å². The molecule has 3 aliphatic rings. The molecule has 4 heteroatoms. The van der Waals surface area contributed by atoms with Crippen molar-refractivity contribution in [2.75, 3.05) is 38.2 Å². The molecule has 3 fully saturated rings. The molecule has 2 N–H and O–H groups in total. The fourth-order valence-electron chi connectivity index (χ4n) is 4.18. The first kappa shape index (κ1) is 13.2. The van der Waals surface area contributed by atoms with E-state index in [1.807, 2.05) is 0 Å². The van der Waals surface area contributed by atoms with Crippen LogP contribution in [0.4, 0.5) is 0 Å². The van der Waals surface area contributed by atoms with Crippen LogP contribution in [-0.2, 0) is 0 Å². The van der Waals surface area contributed by atoms with Gasteiger partial charge in [-0.25, -0.2) is 0 Å². The average molecular weight is 269 g/mol. The zero-order valence-corrected chi connectivity index (χ0v) is 12.4. The third kappa shape index (κ3) is 2.21. The van der Waals surface area contributed by atoms with Gasteiger partial charge >= 0.3 is 0 Å². The third-order valence-electron chi connectivity index (χ3n) is 5.56. The highest BCUT2D eigenvalue weighted by Crippen LogP contribution is 2.38. The topological polar surface area (TPSA) is 32.5 Å². The Morgan fingerprint density at radius 2 is 2.28 bits per heavy atom. The Hall–Kier alpha value is 0.230. The SMILES string of the molecule is CN(C1CCSC1)C1(CN)CCN2CCCC2C1. The molecule has 3 saturated heterocycles. The summed E-state index contributed by atoms with van der Waals surface area (Å²) in [7, 11) is 2.34. The van der Waals surface area contributed by atoms with Crippen LogP contribution >= 0.6 is 11.8 Å². The minimum atomic E-state index is 0.293. The minimum absolute atomic E-state index is 0.293. The van der Waals surface area contributed by atoms with Gasteiger partial charge in [-0.3, -0.25) is 4.90 Å². The van der Waals surface area contributed by atoms with Gasteiger partial charge in [-0.2, -0.15) is 11.8 Å².